The zero-order valence-electron chi connectivity index (χ0n) is 10.7. The highest BCUT2D eigenvalue weighted by Gasteiger charge is 2.36. The minimum Gasteiger partial charge on any atom is -0.361 e. The largest absolute Gasteiger partial charge is 0.361 e. The van der Waals surface area contributed by atoms with Gasteiger partial charge < -0.3 is 5.32 Å². The second kappa shape index (κ2) is 5.41. The molecule has 3 aliphatic rings. The molecule has 5 heteroatoms. The maximum absolute atomic E-state index is 3.70. The van der Waals surface area contributed by atoms with Crippen LogP contribution >= 0.6 is 55.4 Å². The van der Waals surface area contributed by atoms with Gasteiger partial charge in [-0.3, -0.25) is 0 Å². The normalized spacial score (nSPS) is 22.1. The molecular weight excluding hydrogens is 418 g/mol. The third-order valence-corrected chi connectivity index (χ3v) is 8.20. The van der Waals surface area contributed by atoms with E-state index in [1.165, 1.54) is 41.3 Å². The summed E-state index contributed by atoms with van der Waals surface area (Å²) in [5.41, 5.74) is 4.35. The Labute approximate surface area is 144 Å². The van der Waals surface area contributed by atoms with Gasteiger partial charge in [0.1, 0.15) is 0 Å². The molecule has 0 aliphatic carbocycles. The lowest BCUT2D eigenvalue weighted by Crippen LogP contribution is -2.21. The first-order chi connectivity index (χ1) is 9.74. The number of dihydropyridines is 1. The molecule has 3 aliphatic heterocycles. The SMILES string of the molecule is Brc1ccc(C2C3=C(CCS3)NC3=C2SCC3)cc1Br. The van der Waals surface area contributed by atoms with E-state index >= 15 is 0 Å². The molecule has 1 aromatic rings. The van der Waals surface area contributed by atoms with Crippen molar-refractivity contribution in [2.45, 2.75) is 18.8 Å². The minimum atomic E-state index is 0.464. The van der Waals surface area contributed by atoms with Crippen LogP contribution in [0.15, 0.2) is 48.3 Å². The topological polar surface area (TPSA) is 12.0 Å². The van der Waals surface area contributed by atoms with E-state index in [2.05, 4.69) is 55.4 Å². The molecule has 1 aromatic carbocycles. The Morgan fingerprint density at radius 3 is 2.20 bits per heavy atom. The van der Waals surface area contributed by atoms with Crippen LogP contribution < -0.4 is 5.32 Å². The van der Waals surface area contributed by atoms with Crippen LogP contribution in [0.2, 0.25) is 0 Å². The summed E-state index contributed by atoms with van der Waals surface area (Å²) in [6.07, 6.45) is 2.38. The molecule has 0 fully saturated rings. The van der Waals surface area contributed by atoms with Crippen molar-refractivity contribution in [1.29, 1.82) is 0 Å². The van der Waals surface area contributed by atoms with Crippen molar-refractivity contribution in [2.24, 2.45) is 0 Å². The molecule has 0 unspecified atom stereocenters. The lowest BCUT2D eigenvalue weighted by molar-refractivity contribution is 0.798. The molecule has 1 nitrogen and oxygen atoms in total. The molecule has 0 radical (unpaired) electrons. The van der Waals surface area contributed by atoms with E-state index in [-0.39, 0.29) is 0 Å². The van der Waals surface area contributed by atoms with E-state index in [1.54, 1.807) is 9.81 Å². The number of allylic oxidation sites excluding steroid dienone is 4. The summed E-state index contributed by atoms with van der Waals surface area (Å²) in [6, 6.07) is 6.69. The number of thioether (sulfide) groups is 2. The van der Waals surface area contributed by atoms with Crippen molar-refractivity contribution in [3.8, 4) is 0 Å². The maximum atomic E-state index is 3.70. The molecule has 4 rings (SSSR count). The predicted molar refractivity (Wildman–Crippen MR) is 95.9 cm³/mol. The molecule has 0 saturated carbocycles. The van der Waals surface area contributed by atoms with E-state index in [4.69, 9.17) is 0 Å². The maximum Gasteiger partial charge on any atom is 0.0494 e. The van der Waals surface area contributed by atoms with Crippen molar-refractivity contribution < 1.29 is 0 Å². The fourth-order valence-electron chi connectivity index (χ4n) is 3.01. The van der Waals surface area contributed by atoms with Gasteiger partial charge in [-0.25, -0.2) is 0 Å². The number of halogens is 2. The van der Waals surface area contributed by atoms with Crippen LogP contribution in [0.1, 0.15) is 24.3 Å². The van der Waals surface area contributed by atoms with Crippen molar-refractivity contribution in [3.63, 3.8) is 0 Å². The Kier molecular flexibility index (Phi) is 3.74. The first kappa shape index (κ1) is 13.8. The van der Waals surface area contributed by atoms with Gasteiger partial charge in [0.05, 0.1) is 0 Å². The molecule has 0 saturated heterocycles. The standard InChI is InChI=1S/C15H13Br2NS2/c16-9-2-1-8(7-10(9)17)13-14-11(3-5-19-14)18-12-4-6-20-15(12)13/h1-2,7,13,18H,3-6H2. The fraction of sp³-hybridized carbons (Fsp3) is 0.333. The molecule has 0 atom stereocenters. The Morgan fingerprint density at radius 1 is 0.950 bits per heavy atom. The Bertz CT molecular complexity index is 621. The zero-order chi connectivity index (χ0) is 13.7. The van der Waals surface area contributed by atoms with Crippen LogP contribution in [0.4, 0.5) is 0 Å². The first-order valence-electron chi connectivity index (χ1n) is 6.67. The molecule has 3 heterocycles. The lowest BCUT2D eigenvalue weighted by Gasteiger charge is -2.28. The Balaban J connectivity index is 1.83. The van der Waals surface area contributed by atoms with Crippen LogP contribution in [0.5, 0.6) is 0 Å². The van der Waals surface area contributed by atoms with Gasteiger partial charge in [0.25, 0.3) is 0 Å². The van der Waals surface area contributed by atoms with Gasteiger partial charge in [0, 0.05) is 47.6 Å². The average Bonchev–Trinajstić information content (AvgIpc) is 3.07. The van der Waals surface area contributed by atoms with Crippen LogP contribution in [0.3, 0.4) is 0 Å². The monoisotopic (exact) mass is 429 g/mol. The van der Waals surface area contributed by atoms with Crippen molar-refractivity contribution >= 4 is 55.4 Å². The number of benzene rings is 1. The van der Waals surface area contributed by atoms with Gasteiger partial charge in [0.15, 0.2) is 0 Å². The number of hydrogen-bond donors (Lipinski definition) is 1. The van der Waals surface area contributed by atoms with Crippen LogP contribution in [0.25, 0.3) is 0 Å². The van der Waals surface area contributed by atoms with Gasteiger partial charge in [-0.15, -0.1) is 23.5 Å². The number of hydrogen-bond acceptors (Lipinski definition) is 3. The van der Waals surface area contributed by atoms with Gasteiger partial charge in [-0.05, 0) is 62.4 Å². The van der Waals surface area contributed by atoms with Crippen LogP contribution in [0, 0.1) is 0 Å². The summed E-state index contributed by atoms with van der Waals surface area (Å²) in [5, 5.41) is 3.70. The molecule has 0 bridgehead atoms. The van der Waals surface area contributed by atoms with Gasteiger partial charge in [-0.2, -0.15) is 0 Å². The Hall–Kier alpha value is 0.160. The summed E-state index contributed by atoms with van der Waals surface area (Å²) in [7, 11) is 0. The van der Waals surface area contributed by atoms with E-state index in [9.17, 15) is 0 Å². The number of nitrogens with one attached hydrogen (secondary N) is 1. The fourth-order valence-corrected chi connectivity index (χ4v) is 6.27. The summed E-state index contributed by atoms with van der Waals surface area (Å²) in [5.74, 6) is 2.90. The molecule has 20 heavy (non-hydrogen) atoms. The lowest BCUT2D eigenvalue weighted by atomic mass is 9.93. The highest BCUT2D eigenvalue weighted by atomic mass is 79.9. The van der Waals surface area contributed by atoms with Gasteiger partial charge in [0.2, 0.25) is 0 Å². The predicted octanol–water partition coefficient (Wildman–Crippen LogP) is 5.60. The highest BCUT2D eigenvalue weighted by Crippen LogP contribution is 2.54. The molecular formula is C15H13Br2NS2. The van der Waals surface area contributed by atoms with Crippen molar-refractivity contribution in [1.82, 2.24) is 5.32 Å². The summed E-state index contributed by atoms with van der Waals surface area (Å²) in [6.45, 7) is 0. The molecule has 104 valence electrons. The highest BCUT2D eigenvalue weighted by molar-refractivity contribution is 9.13. The minimum absolute atomic E-state index is 0.464. The summed E-state index contributed by atoms with van der Waals surface area (Å²) < 4.78 is 2.26. The quantitative estimate of drug-likeness (QED) is 0.623. The smallest absolute Gasteiger partial charge is 0.0494 e. The Morgan fingerprint density at radius 2 is 1.60 bits per heavy atom. The van der Waals surface area contributed by atoms with E-state index in [1.807, 2.05) is 23.5 Å². The van der Waals surface area contributed by atoms with Crippen LogP contribution in [-0.4, -0.2) is 11.5 Å². The van der Waals surface area contributed by atoms with E-state index < -0.39 is 0 Å². The first-order valence-corrected chi connectivity index (χ1v) is 10.2. The van der Waals surface area contributed by atoms with Gasteiger partial charge in [-0.1, -0.05) is 6.07 Å². The summed E-state index contributed by atoms with van der Waals surface area (Å²) in [4.78, 5) is 3.10. The molecule has 1 N–H and O–H groups in total. The van der Waals surface area contributed by atoms with E-state index in [0.29, 0.717) is 5.92 Å². The van der Waals surface area contributed by atoms with Crippen LogP contribution in [-0.2, 0) is 0 Å². The zero-order valence-corrected chi connectivity index (χ0v) is 15.5. The molecule has 0 amide bonds. The summed E-state index contributed by atoms with van der Waals surface area (Å²) >= 11 is 11.3. The van der Waals surface area contributed by atoms with E-state index in [0.717, 1.165) is 8.95 Å². The third-order valence-electron chi connectivity index (χ3n) is 3.92. The van der Waals surface area contributed by atoms with Crippen molar-refractivity contribution in [2.75, 3.05) is 11.5 Å². The second-order valence-electron chi connectivity index (χ2n) is 5.11. The second-order valence-corrected chi connectivity index (χ2v) is 9.10. The average molecular weight is 431 g/mol. The third kappa shape index (κ3) is 2.21. The number of rotatable bonds is 1. The van der Waals surface area contributed by atoms with Crippen molar-refractivity contribution in [3.05, 3.63) is 53.9 Å². The van der Waals surface area contributed by atoms with Gasteiger partial charge >= 0.3 is 0 Å². The molecule has 0 aromatic heterocycles. The molecule has 0 spiro atoms.